The summed E-state index contributed by atoms with van der Waals surface area (Å²) in [5.74, 6) is -1.12. The number of hydrogen-bond donors (Lipinski definition) is 2. The summed E-state index contributed by atoms with van der Waals surface area (Å²) in [5.41, 5.74) is 5.57. The molecular weight excluding hydrogens is 253 g/mol. The lowest BCUT2D eigenvalue weighted by molar-refractivity contribution is 0.0775. The van der Waals surface area contributed by atoms with E-state index in [1.807, 2.05) is 0 Å². The number of amides is 1. The number of hydrogen-bond acceptors (Lipinski definition) is 4. The van der Waals surface area contributed by atoms with E-state index in [0.717, 1.165) is 6.07 Å². The Hall–Kier alpha value is -2.31. The van der Waals surface area contributed by atoms with E-state index in [1.165, 1.54) is 31.2 Å². The summed E-state index contributed by atoms with van der Waals surface area (Å²) in [4.78, 5) is 13.3. The molecule has 0 aliphatic heterocycles. The Labute approximate surface area is 110 Å². The van der Waals surface area contributed by atoms with Crippen LogP contribution < -0.4 is 10.5 Å². The minimum atomic E-state index is -0.627. The van der Waals surface area contributed by atoms with Gasteiger partial charge in [0.25, 0.3) is 5.91 Å². The topological polar surface area (TPSA) is 88.2 Å². The van der Waals surface area contributed by atoms with Crippen LogP contribution in [0.4, 0.5) is 4.39 Å². The molecule has 0 fully saturated rings. The predicted octanol–water partition coefficient (Wildman–Crippen LogP) is 1.04. The molecule has 0 aliphatic rings. The van der Waals surface area contributed by atoms with E-state index < -0.39 is 17.8 Å². The lowest BCUT2D eigenvalue weighted by Crippen LogP contribution is -2.43. The van der Waals surface area contributed by atoms with Gasteiger partial charge in [0, 0.05) is 12.6 Å². The summed E-state index contributed by atoms with van der Waals surface area (Å²) < 4.78 is 18.3. The first kappa shape index (κ1) is 14.7. The molecule has 0 spiro atoms. The first-order chi connectivity index (χ1) is 8.92. The van der Waals surface area contributed by atoms with E-state index in [2.05, 4.69) is 5.16 Å². The van der Waals surface area contributed by atoms with Crippen molar-refractivity contribution in [2.75, 3.05) is 14.2 Å². The number of nitrogens with zero attached hydrogens (tertiary/aromatic N) is 2. The van der Waals surface area contributed by atoms with E-state index >= 15 is 0 Å². The molecule has 0 saturated carbocycles. The Balaban J connectivity index is 2.97. The molecule has 0 saturated heterocycles. The van der Waals surface area contributed by atoms with E-state index in [-0.39, 0.29) is 17.1 Å². The van der Waals surface area contributed by atoms with Crippen LogP contribution in [0.3, 0.4) is 0 Å². The summed E-state index contributed by atoms with van der Waals surface area (Å²) in [6.45, 7) is 1.59. The minimum absolute atomic E-state index is 0.0590. The van der Waals surface area contributed by atoms with Crippen LogP contribution in [-0.2, 0) is 0 Å². The quantitative estimate of drug-likeness (QED) is 0.370. The predicted molar refractivity (Wildman–Crippen MR) is 67.9 cm³/mol. The standard InChI is InChI=1S/C12H16FN3O3/c1-7(11(14)15-18)16(2)12(17)8-4-5-10(19-3)9(13)6-8/h4-7,18H,1-3H3,(H2,14,15). The summed E-state index contributed by atoms with van der Waals surface area (Å²) >= 11 is 0. The number of halogens is 1. The van der Waals surface area contributed by atoms with Gasteiger partial charge in [-0.05, 0) is 25.1 Å². The first-order valence-electron chi connectivity index (χ1n) is 5.50. The molecule has 0 heterocycles. The number of carbonyl (C=O) groups excluding carboxylic acids is 1. The zero-order chi connectivity index (χ0) is 14.6. The maximum Gasteiger partial charge on any atom is 0.254 e. The average Bonchev–Trinajstić information content (AvgIpc) is 2.43. The molecule has 1 atom stereocenters. The van der Waals surface area contributed by atoms with Crippen molar-refractivity contribution in [3.05, 3.63) is 29.6 Å². The van der Waals surface area contributed by atoms with Crippen LogP contribution >= 0.6 is 0 Å². The van der Waals surface area contributed by atoms with E-state index in [4.69, 9.17) is 15.7 Å². The van der Waals surface area contributed by atoms with Crippen LogP contribution in [0.5, 0.6) is 5.75 Å². The summed E-state index contributed by atoms with van der Waals surface area (Å²) in [5, 5.41) is 11.4. The number of likely N-dealkylation sites (N-methyl/N-ethyl adjacent to an activating group) is 1. The lowest BCUT2D eigenvalue weighted by atomic mass is 10.1. The first-order valence-corrected chi connectivity index (χ1v) is 5.50. The fourth-order valence-electron chi connectivity index (χ4n) is 1.46. The van der Waals surface area contributed by atoms with E-state index in [1.54, 1.807) is 6.92 Å². The second kappa shape index (κ2) is 6.03. The fourth-order valence-corrected chi connectivity index (χ4v) is 1.46. The van der Waals surface area contributed by atoms with Crippen LogP contribution in [0.15, 0.2) is 23.4 Å². The number of oxime groups is 1. The second-order valence-electron chi connectivity index (χ2n) is 3.97. The SMILES string of the molecule is COc1ccc(C(=O)N(C)C(C)/C(N)=N/O)cc1F. The molecule has 1 aromatic rings. The summed E-state index contributed by atoms with van der Waals surface area (Å²) in [6.07, 6.45) is 0. The van der Waals surface area contributed by atoms with Crippen molar-refractivity contribution in [2.24, 2.45) is 10.9 Å². The van der Waals surface area contributed by atoms with Gasteiger partial charge < -0.3 is 20.6 Å². The van der Waals surface area contributed by atoms with Gasteiger partial charge in [0.2, 0.25) is 0 Å². The molecule has 1 unspecified atom stereocenters. The largest absolute Gasteiger partial charge is 0.494 e. The van der Waals surface area contributed by atoms with Crippen LogP contribution in [0.1, 0.15) is 17.3 Å². The van der Waals surface area contributed by atoms with Crippen LogP contribution in [-0.4, -0.2) is 42.0 Å². The van der Waals surface area contributed by atoms with Crippen LogP contribution in [0.2, 0.25) is 0 Å². The number of benzene rings is 1. The van der Waals surface area contributed by atoms with Crippen molar-refractivity contribution in [3.8, 4) is 5.75 Å². The number of ether oxygens (including phenoxy) is 1. The molecule has 1 amide bonds. The van der Waals surface area contributed by atoms with Gasteiger partial charge in [-0.25, -0.2) is 4.39 Å². The molecule has 1 rings (SSSR count). The van der Waals surface area contributed by atoms with Crippen LogP contribution in [0.25, 0.3) is 0 Å². The van der Waals surface area contributed by atoms with Gasteiger partial charge in [-0.15, -0.1) is 0 Å². The lowest BCUT2D eigenvalue weighted by Gasteiger charge is -2.23. The summed E-state index contributed by atoms with van der Waals surface area (Å²) in [7, 11) is 2.82. The van der Waals surface area contributed by atoms with Gasteiger partial charge >= 0.3 is 0 Å². The normalized spacial score (nSPS) is 12.9. The Morgan fingerprint density at radius 2 is 2.21 bits per heavy atom. The molecule has 0 aromatic heterocycles. The number of amidine groups is 1. The van der Waals surface area contributed by atoms with Crippen molar-refractivity contribution in [1.29, 1.82) is 0 Å². The van der Waals surface area contributed by atoms with Gasteiger partial charge in [0.15, 0.2) is 17.4 Å². The molecule has 19 heavy (non-hydrogen) atoms. The van der Waals surface area contributed by atoms with Crippen molar-refractivity contribution in [2.45, 2.75) is 13.0 Å². The molecule has 0 aliphatic carbocycles. The molecule has 7 heteroatoms. The second-order valence-corrected chi connectivity index (χ2v) is 3.97. The highest BCUT2D eigenvalue weighted by Crippen LogP contribution is 2.18. The molecule has 3 N–H and O–H groups in total. The Bertz CT molecular complexity index is 505. The molecule has 1 aromatic carbocycles. The Morgan fingerprint density at radius 1 is 1.58 bits per heavy atom. The van der Waals surface area contributed by atoms with E-state index in [9.17, 15) is 9.18 Å². The molecule has 0 bridgehead atoms. The monoisotopic (exact) mass is 269 g/mol. The number of methoxy groups -OCH3 is 1. The Morgan fingerprint density at radius 3 is 2.68 bits per heavy atom. The molecule has 0 radical (unpaired) electrons. The average molecular weight is 269 g/mol. The fraction of sp³-hybridized carbons (Fsp3) is 0.333. The van der Waals surface area contributed by atoms with Crippen molar-refractivity contribution in [1.82, 2.24) is 4.90 Å². The van der Waals surface area contributed by atoms with Crippen LogP contribution in [0, 0.1) is 5.82 Å². The molecule has 6 nitrogen and oxygen atoms in total. The third kappa shape index (κ3) is 3.12. The third-order valence-corrected chi connectivity index (χ3v) is 2.84. The number of rotatable bonds is 4. The van der Waals surface area contributed by atoms with Gasteiger partial charge in [0.05, 0.1) is 13.2 Å². The highest BCUT2D eigenvalue weighted by atomic mass is 19.1. The smallest absolute Gasteiger partial charge is 0.254 e. The van der Waals surface area contributed by atoms with Gasteiger partial charge in [0.1, 0.15) is 0 Å². The van der Waals surface area contributed by atoms with Gasteiger partial charge in [-0.1, -0.05) is 5.16 Å². The highest BCUT2D eigenvalue weighted by Gasteiger charge is 2.21. The maximum atomic E-state index is 13.5. The number of carbonyl (C=O) groups is 1. The maximum absolute atomic E-state index is 13.5. The highest BCUT2D eigenvalue weighted by molar-refractivity contribution is 5.98. The van der Waals surface area contributed by atoms with Gasteiger partial charge in [-0.2, -0.15) is 0 Å². The van der Waals surface area contributed by atoms with E-state index in [0.29, 0.717) is 0 Å². The van der Waals surface area contributed by atoms with Crippen molar-refractivity contribution in [3.63, 3.8) is 0 Å². The number of nitrogens with two attached hydrogens (primary N) is 1. The zero-order valence-electron chi connectivity index (χ0n) is 10.9. The summed E-state index contributed by atoms with van der Waals surface area (Å²) in [6, 6.07) is 3.28. The minimum Gasteiger partial charge on any atom is -0.494 e. The van der Waals surface area contributed by atoms with Gasteiger partial charge in [-0.3, -0.25) is 4.79 Å². The molecule has 104 valence electrons. The zero-order valence-corrected chi connectivity index (χ0v) is 10.9. The van der Waals surface area contributed by atoms with Crippen molar-refractivity contribution < 1.29 is 19.1 Å². The molecular formula is C12H16FN3O3. The Kier molecular flexibility index (Phi) is 4.68. The van der Waals surface area contributed by atoms with Crippen molar-refractivity contribution >= 4 is 11.7 Å². The third-order valence-electron chi connectivity index (χ3n) is 2.84.